The molecule has 0 aromatic heterocycles. The first kappa shape index (κ1) is 23.7. The van der Waals surface area contributed by atoms with Crippen LogP contribution in [0.15, 0.2) is 18.2 Å². The zero-order valence-electron chi connectivity index (χ0n) is 19.9. The van der Waals surface area contributed by atoms with Gasteiger partial charge in [-0.1, -0.05) is 25.1 Å². The monoisotopic (exact) mass is 457 g/mol. The Kier molecular flexibility index (Phi) is 6.26. The molecule has 1 aromatic rings. The number of hydrogen-bond acceptors (Lipinski definition) is 5. The normalized spacial score (nSPS) is 32.2. The second-order valence-corrected chi connectivity index (χ2v) is 9.88. The van der Waals surface area contributed by atoms with E-state index in [-0.39, 0.29) is 30.9 Å². The summed E-state index contributed by atoms with van der Waals surface area (Å²) in [5, 5.41) is 15.4. The topological polar surface area (TPSA) is 108 Å². The first-order valence-electron chi connectivity index (χ1n) is 12.0. The van der Waals surface area contributed by atoms with Gasteiger partial charge in [-0.3, -0.25) is 14.4 Å². The number of para-hydroxylation sites is 1. The molecular weight excluding hydrogens is 422 g/mol. The van der Waals surface area contributed by atoms with Crippen LogP contribution in [0, 0.1) is 25.7 Å². The summed E-state index contributed by atoms with van der Waals surface area (Å²) in [5.41, 5.74) is 0.773. The Morgan fingerprint density at radius 1 is 1.21 bits per heavy atom. The minimum absolute atomic E-state index is 0.0916. The number of hydrogen-bond donors (Lipinski definition) is 3. The lowest BCUT2D eigenvalue weighted by Crippen LogP contribution is -2.53. The molecular formula is C25H35N3O5. The number of aliphatic hydroxyl groups excluding tert-OH is 1. The van der Waals surface area contributed by atoms with Crippen LogP contribution < -0.4 is 10.6 Å². The summed E-state index contributed by atoms with van der Waals surface area (Å²) in [4.78, 5) is 42.2. The molecule has 33 heavy (non-hydrogen) atoms. The second-order valence-electron chi connectivity index (χ2n) is 9.88. The Hall–Kier alpha value is -2.45. The minimum Gasteiger partial charge on any atom is -0.396 e. The molecule has 1 spiro atoms. The smallest absolute Gasteiger partial charge is 0.250 e. The van der Waals surface area contributed by atoms with Crippen molar-refractivity contribution in [3.63, 3.8) is 0 Å². The number of aryl methyl sites for hydroxylation is 2. The average molecular weight is 458 g/mol. The third-order valence-corrected chi connectivity index (χ3v) is 7.64. The van der Waals surface area contributed by atoms with Crippen molar-refractivity contribution in [3.8, 4) is 0 Å². The molecule has 1 aromatic carbocycles. The van der Waals surface area contributed by atoms with Gasteiger partial charge < -0.3 is 25.4 Å². The van der Waals surface area contributed by atoms with E-state index in [1.54, 1.807) is 0 Å². The molecule has 2 bridgehead atoms. The maximum Gasteiger partial charge on any atom is 0.250 e. The van der Waals surface area contributed by atoms with E-state index >= 15 is 0 Å². The third kappa shape index (κ3) is 3.64. The molecule has 0 radical (unpaired) electrons. The largest absolute Gasteiger partial charge is 0.396 e. The van der Waals surface area contributed by atoms with Crippen molar-refractivity contribution < 1.29 is 24.2 Å². The van der Waals surface area contributed by atoms with Crippen LogP contribution in [0.2, 0.25) is 0 Å². The van der Waals surface area contributed by atoms with Crippen LogP contribution in [-0.2, 0) is 19.1 Å². The van der Waals surface area contributed by atoms with Crippen LogP contribution in [0.4, 0.5) is 5.69 Å². The molecule has 3 aliphatic heterocycles. The average Bonchev–Trinajstić information content (AvgIpc) is 3.34. The van der Waals surface area contributed by atoms with Crippen molar-refractivity contribution in [2.75, 3.05) is 25.0 Å². The zero-order valence-corrected chi connectivity index (χ0v) is 19.9. The van der Waals surface area contributed by atoms with Gasteiger partial charge in [0.15, 0.2) is 0 Å². The van der Waals surface area contributed by atoms with Crippen molar-refractivity contribution in [1.82, 2.24) is 10.2 Å². The van der Waals surface area contributed by atoms with Gasteiger partial charge in [0.25, 0.3) is 0 Å². The molecule has 3 saturated heterocycles. The first-order chi connectivity index (χ1) is 15.7. The predicted molar refractivity (Wildman–Crippen MR) is 123 cm³/mol. The molecule has 0 saturated carbocycles. The van der Waals surface area contributed by atoms with Crippen molar-refractivity contribution >= 4 is 23.4 Å². The summed E-state index contributed by atoms with van der Waals surface area (Å²) in [5.74, 6) is -2.07. The standard InChI is InChI=1S/C25H35N3O5/c1-5-12-26-21(30)17-18-23(32)28(13-7-14-29)20(25(18)11-10-24(17,4)33-25)22(31)27-19-15(2)8-6-9-16(19)3/h6,8-9,17-18,20,29H,5,7,10-14H2,1-4H3,(H,26,30)(H,27,31)/t17-,18-,20?,24+,25?/m0/s1. The Morgan fingerprint density at radius 2 is 1.91 bits per heavy atom. The fraction of sp³-hybridized carbons (Fsp3) is 0.640. The summed E-state index contributed by atoms with van der Waals surface area (Å²) < 4.78 is 6.55. The number of rotatable bonds is 8. The molecule has 3 heterocycles. The van der Waals surface area contributed by atoms with Gasteiger partial charge in [-0.25, -0.2) is 0 Å². The zero-order chi connectivity index (χ0) is 24.0. The number of likely N-dealkylation sites (tertiary alicyclic amines) is 1. The quantitative estimate of drug-likeness (QED) is 0.553. The van der Waals surface area contributed by atoms with E-state index in [1.165, 1.54) is 4.90 Å². The number of aliphatic hydroxyl groups is 1. The summed E-state index contributed by atoms with van der Waals surface area (Å²) in [6.07, 6.45) is 2.30. The molecule has 3 fully saturated rings. The van der Waals surface area contributed by atoms with E-state index in [0.29, 0.717) is 25.8 Å². The van der Waals surface area contributed by atoms with E-state index in [1.807, 2.05) is 45.9 Å². The lowest BCUT2D eigenvalue weighted by atomic mass is 9.66. The van der Waals surface area contributed by atoms with Gasteiger partial charge in [-0.05, 0) is 57.6 Å². The number of carbonyl (C=O) groups excluding carboxylic acids is 3. The summed E-state index contributed by atoms with van der Waals surface area (Å²) in [7, 11) is 0. The fourth-order valence-electron chi connectivity index (χ4n) is 6.17. The van der Waals surface area contributed by atoms with Crippen molar-refractivity contribution in [2.24, 2.45) is 11.8 Å². The molecule has 3 N–H and O–H groups in total. The summed E-state index contributed by atoms with van der Waals surface area (Å²) >= 11 is 0. The number of fused-ring (bicyclic) bond motifs is 1. The van der Waals surface area contributed by atoms with Gasteiger partial charge in [0, 0.05) is 25.4 Å². The maximum absolute atomic E-state index is 13.8. The molecule has 2 unspecified atom stereocenters. The van der Waals surface area contributed by atoms with Gasteiger partial charge >= 0.3 is 0 Å². The molecule has 4 rings (SSSR count). The van der Waals surface area contributed by atoms with Gasteiger partial charge in [0.05, 0.1) is 17.4 Å². The highest BCUT2D eigenvalue weighted by Gasteiger charge is 2.77. The van der Waals surface area contributed by atoms with E-state index in [4.69, 9.17) is 4.74 Å². The summed E-state index contributed by atoms with van der Waals surface area (Å²) in [6, 6.07) is 4.94. The molecule has 8 heteroatoms. The Bertz CT molecular complexity index is 945. The van der Waals surface area contributed by atoms with Crippen LogP contribution in [0.3, 0.4) is 0 Å². The number of ether oxygens (including phenoxy) is 1. The van der Waals surface area contributed by atoms with Gasteiger partial charge in [0.2, 0.25) is 17.7 Å². The van der Waals surface area contributed by atoms with Crippen LogP contribution in [-0.4, -0.2) is 64.7 Å². The van der Waals surface area contributed by atoms with E-state index < -0.39 is 29.1 Å². The number of nitrogens with zero attached hydrogens (tertiary/aromatic N) is 1. The molecule has 0 aliphatic carbocycles. The van der Waals surface area contributed by atoms with E-state index in [0.717, 1.165) is 23.2 Å². The number of carbonyl (C=O) groups is 3. The highest BCUT2D eigenvalue weighted by Crippen LogP contribution is 2.63. The fourth-order valence-corrected chi connectivity index (χ4v) is 6.17. The lowest BCUT2D eigenvalue weighted by Gasteiger charge is -2.33. The third-order valence-electron chi connectivity index (χ3n) is 7.64. The number of benzene rings is 1. The Labute approximate surface area is 195 Å². The Balaban J connectivity index is 1.72. The van der Waals surface area contributed by atoms with Crippen molar-refractivity contribution in [3.05, 3.63) is 29.3 Å². The van der Waals surface area contributed by atoms with Crippen LogP contribution >= 0.6 is 0 Å². The summed E-state index contributed by atoms with van der Waals surface area (Å²) in [6.45, 7) is 8.41. The second kappa shape index (κ2) is 8.72. The van der Waals surface area contributed by atoms with Gasteiger partial charge in [-0.15, -0.1) is 0 Å². The molecule has 3 aliphatic rings. The highest BCUT2D eigenvalue weighted by molar-refractivity contribution is 6.04. The van der Waals surface area contributed by atoms with E-state index in [9.17, 15) is 19.5 Å². The van der Waals surface area contributed by atoms with Crippen LogP contribution in [0.25, 0.3) is 0 Å². The van der Waals surface area contributed by atoms with Crippen LogP contribution in [0.5, 0.6) is 0 Å². The Morgan fingerprint density at radius 3 is 2.55 bits per heavy atom. The SMILES string of the molecule is CCCNC(=O)[C@@H]1[C@H]2C(=O)N(CCCO)C(C(=O)Nc3c(C)cccc3C)C23CC[C@@]1(C)O3. The number of anilines is 1. The minimum atomic E-state index is -1.05. The molecule has 180 valence electrons. The molecule has 5 atom stereocenters. The molecule has 3 amide bonds. The predicted octanol–water partition coefficient (Wildman–Crippen LogP) is 1.92. The maximum atomic E-state index is 13.8. The molecule has 8 nitrogen and oxygen atoms in total. The highest BCUT2D eigenvalue weighted by atomic mass is 16.5. The van der Waals surface area contributed by atoms with Crippen molar-refractivity contribution in [2.45, 2.75) is 70.6 Å². The number of nitrogens with one attached hydrogen (secondary N) is 2. The van der Waals surface area contributed by atoms with Crippen molar-refractivity contribution in [1.29, 1.82) is 0 Å². The first-order valence-corrected chi connectivity index (χ1v) is 12.0. The number of amides is 3. The van der Waals surface area contributed by atoms with Gasteiger partial charge in [-0.2, -0.15) is 0 Å². The van der Waals surface area contributed by atoms with E-state index in [2.05, 4.69) is 10.6 Å². The van der Waals surface area contributed by atoms with Crippen LogP contribution in [0.1, 0.15) is 50.7 Å². The van der Waals surface area contributed by atoms with Gasteiger partial charge in [0.1, 0.15) is 11.6 Å². The lowest BCUT2D eigenvalue weighted by molar-refractivity contribution is -0.144.